The van der Waals surface area contributed by atoms with Crippen molar-refractivity contribution in [3.05, 3.63) is 27.9 Å². The summed E-state index contributed by atoms with van der Waals surface area (Å²) in [5, 5.41) is 3.36. The van der Waals surface area contributed by atoms with E-state index in [1.807, 2.05) is 0 Å². The lowest BCUT2D eigenvalue weighted by Crippen LogP contribution is -2.29. The van der Waals surface area contributed by atoms with Crippen LogP contribution in [0.1, 0.15) is 43.1 Å². The van der Waals surface area contributed by atoms with E-state index >= 15 is 0 Å². The Bertz CT molecular complexity index is 444. The van der Waals surface area contributed by atoms with Gasteiger partial charge >= 0.3 is 0 Å². The molecule has 17 heavy (non-hydrogen) atoms. The van der Waals surface area contributed by atoms with Gasteiger partial charge in [-0.3, -0.25) is 4.79 Å². The lowest BCUT2D eigenvalue weighted by atomic mass is 9.93. The minimum absolute atomic E-state index is 0.0193. The van der Waals surface area contributed by atoms with Crippen molar-refractivity contribution in [3.63, 3.8) is 0 Å². The Labute approximate surface area is 101 Å². The molecule has 0 unspecified atom stereocenters. The average Bonchev–Trinajstić information content (AvgIpc) is 3.13. The molecule has 1 aliphatic carbocycles. The van der Waals surface area contributed by atoms with E-state index in [2.05, 4.69) is 15.3 Å². The van der Waals surface area contributed by atoms with E-state index in [0.29, 0.717) is 11.8 Å². The lowest BCUT2D eigenvalue weighted by Gasteiger charge is -2.22. The van der Waals surface area contributed by atoms with Crippen molar-refractivity contribution in [3.8, 4) is 0 Å². The lowest BCUT2D eigenvalue weighted by molar-refractivity contribution is 0.369. The average molecular weight is 233 g/mol. The van der Waals surface area contributed by atoms with Crippen molar-refractivity contribution in [2.75, 3.05) is 13.1 Å². The van der Waals surface area contributed by atoms with Crippen LogP contribution in [-0.2, 0) is 6.42 Å². The van der Waals surface area contributed by atoms with Gasteiger partial charge in [-0.1, -0.05) is 0 Å². The van der Waals surface area contributed by atoms with Gasteiger partial charge < -0.3 is 10.3 Å². The summed E-state index contributed by atoms with van der Waals surface area (Å²) in [4.78, 5) is 19.1. The summed E-state index contributed by atoms with van der Waals surface area (Å²) in [5.74, 6) is 2.13. The zero-order chi connectivity index (χ0) is 11.7. The summed E-state index contributed by atoms with van der Waals surface area (Å²) in [6, 6.07) is 1.67. The number of nitrogens with zero attached hydrogens (tertiary/aromatic N) is 1. The molecule has 0 atom stereocenters. The third kappa shape index (κ3) is 2.75. The molecule has 2 N–H and O–H groups in total. The van der Waals surface area contributed by atoms with Crippen molar-refractivity contribution >= 4 is 0 Å². The normalized spacial score (nSPS) is 21.6. The van der Waals surface area contributed by atoms with Crippen LogP contribution in [0.15, 0.2) is 10.9 Å². The van der Waals surface area contributed by atoms with Crippen LogP contribution in [-0.4, -0.2) is 23.1 Å². The number of H-pyrrole nitrogens is 1. The first-order chi connectivity index (χ1) is 8.31. The standard InChI is InChI=1S/C13H19N3O/c17-12-8-11(7-9-3-5-14-6-4-9)15-13(16-12)10-1-2-10/h8-10,14H,1-7H2,(H,15,16,17). The minimum Gasteiger partial charge on any atom is -0.317 e. The molecule has 3 rings (SSSR count). The summed E-state index contributed by atoms with van der Waals surface area (Å²) in [6.45, 7) is 2.20. The minimum atomic E-state index is 0.0193. The van der Waals surface area contributed by atoms with Crippen LogP contribution < -0.4 is 10.9 Å². The van der Waals surface area contributed by atoms with Crippen LogP contribution in [0.2, 0.25) is 0 Å². The molecule has 1 aromatic heterocycles. The highest BCUT2D eigenvalue weighted by molar-refractivity contribution is 5.10. The second-order valence-corrected chi connectivity index (χ2v) is 5.29. The van der Waals surface area contributed by atoms with E-state index in [1.165, 1.54) is 25.7 Å². The van der Waals surface area contributed by atoms with Gasteiger partial charge in [-0.2, -0.15) is 0 Å². The summed E-state index contributed by atoms with van der Waals surface area (Å²) >= 11 is 0. The van der Waals surface area contributed by atoms with Crippen molar-refractivity contribution in [2.45, 2.75) is 38.0 Å². The molecule has 1 aromatic rings. The van der Waals surface area contributed by atoms with Gasteiger partial charge in [-0.05, 0) is 51.1 Å². The first-order valence-electron chi connectivity index (χ1n) is 6.62. The summed E-state index contributed by atoms with van der Waals surface area (Å²) in [6.07, 6.45) is 5.73. The monoisotopic (exact) mass is 233 g/mol. The molecule has 92 valence electrons. The Morgan fingerprint density at radius 2 is 2.00 bits per heavy atom. The summed E-state index contributed by atoms with van der Waals surface area (Å²) < 4.78 is 0. The molecule has 0 radical (unpaired) electrons. The fraction of sp³-hybridized carbons (Fsp3) is 0.692. The second-order valence-electron chi connectivity index (χ2n) is 5.29. The van der Waals surface area contributed by atoms with Crippen LogP contribution in [0, 0.1) is 5.92 Å². The highest BCUT2D eigenvalue weighted by Crippen LogP contribution is 2.37. The molecule has 1 saturated carbocycles. The predicted octanol–water partition coefficient (Wildman–Crippen LogP) is 1.19. The van der Waals surface area contributed by atoms with E-state index in [0.717, 1.165) is 31.0 Å². The van der Waals surface area contributed by atoms with Crippen molar-refractivity contribution in [1.29, 1.82) is 0 Å². The Balaban J connectivity index is 1.74. The van der Waals surface area contributed by atoms with Gasteiger partial charge in [0.2, 0.25) is 0 Å². The quantitative estimate of drug-likeness (QED) is 0.824. The zero-order valence-electron chi connectivity index (χ0n) is 10.0. The molecule has 0 spiro atoms. The maximum Gasteiger partial charge on any atom is 0.251 e. The second kappa shape index (κ2) is 4.61. The van der Waals surface area contributed by atoms with Crippen LogP contribution >= 0.6 is 0 Å². The molecule has 0 amide bonds. The largest absolute Gasteiger partial charge is 0.317 e. The molecular formula is C13H19N3O. The number of hydrogen-bond donors (Lipinski definition) is 2. The highest BCUT2D eigenvalue weighted by atomic mass is 16.1. The van der Waals surface area contributed by atoms with Gasteiger partial charge in [0.15, 0.2) is 0 Å². The van der Waals surface area contributed by atoms with Gasteiger partial charge in [0.1, 0.15) is 5.82 Å². The first-order valence-corrected chi connectivity index (χ1v) is 6.62. The summed E-state index contributed by atoms with van der Waals surface area (Å²) in [7, 11) is 0. The van der Waals surface area contributed by atoms with Gasteiger partial charge in [-0.25, -0.2) is 4.98 Å². The smallest absolute Gasteiger partial charge is 0.251 e. The fourth-order valence-electron chi connectivity index (χ4n) is 2.56. The van der Waals surface area contributed by atoms with Gasteiger partial charge in [0, 0.05) is 17.7 Å². The molecular weight excluding hydrogens is 214 g/mol. The van der Waals surface area contributed by atoms with Crippen LogP contribution in [0.25, 0.3) is 0 Å². The van der Waals surface area contributed by atoms with Crippen molar-refractivity contribution in [1.82, 2.24) is 15.3 Å². The fourth-order valence-corrected chi connectivity index (χ4v) is 2.56. The Morgan fingerprint density at radius 1 is 1.24 bits per heavy atom. The Kier molecular flexibility index (Phi) is 2.97. The number of aromatic amines is 1. The third-order valence-corrected chi connectivity index (χ3v) is 3.73. The van der Waals surface area contributed by atoms with E-state index in [1.54, 1.807) is 6.07 Å². The van der Waals surface area contributed by atoms with Crippen molar-refractivity contribution < 1.29 is 0 Å². The molecule has 2 fully saturated rings. The van der Waals surface area contributed by atoms with Crippen LogP contribution in [0.4, 0.5) is 0 Å². The maximum atomic E-state index is 11.6. The molecule has 0 bridgehead atoms. The number of hydrogen-bond acceptors (Lipinski definition) is 3. The number of nitrogens with one attached hydrogen (secondary N) is 2. The molecule has 1 saturated heterocycles. The zero-order valence-corrected chi connectivity index (χ0v) is 10.0. The van der Waals surface area contributed by atoms with E-state index in [4.69, 9.17) is 0 Å². The molecule has 0 aromatic carbocycles. The number of rotatable bonds is 3. The number of piperidine rings is 1. The molecule has 2 heterocycles. The van der Waals surface area contributed by atoms with E-state index < -0.39 is 0 Å². The molecule has 2 aliphatic rings. The van der Waals surface area contributed by atoms with Gasteiger partial charge in [0.25, 0.3) is 5.56 Å². The maximum absolute atomic E-state index is 11.6. The molecule has 4 nitrogen and oxygen atoms in total. The molecule has 1 aliphatic heterocycles. The topological polar surface area (TPSA) is 57.8 Å². The summed E-state index contributed by atoms with van der Waals surface area (Å²) in [5.41, 5.74) is 1.01. The van der Waals surface area contributed by atoms with Crippen molar-refractivity contribution in [2.24, 2.45) is 5.92 Å². The van der Waals surface area contributed by atoms with Gasteiger partial charge in [0.05, 0.1) is 0 Å². The van der Waals surface area contributed by atoms with E-state index in [-0.39, 0.29) is 5.56 Å². The SMILES string of the molecule is O=c1cc(CC2CCNCC2)nc(C2CC2)[nH]1. The predicted molar refractivity (Wildman–Crippen MR) is 66.1 cm³/mol. The van der Waals surface area contributed by atoms with Crippen LogP contribution in [0.3, 0.4) is 0 Å². The molecule has 4 heteroatoms. The van der Waals surface area contributed by atoms with Crippen LogP contribution in [0.5, 0.6) is 0 Å². The first kappa shape index (κ1) is 11.0. The highest BCUT2D eigenvalue weighted by Gasteiger charge is 2.26. The van der Waals surface area contributed by atoms with E-state index in [9.17, 15) is 4.79 Å². The third-order valence-electron chi connectivity index (χ3n) is 3.73. The van der Waals surface area contributed by atoms with Gasteiger partial charge in [-0.15, -0.1) is 0 Å². The Hall–Kier alpha value is -1.16. The Morgan fingerprint density at radius 3 is 2.71 bits per heavy atom. The number of aromatic nitrogens is 2.